The van der Waals surface area contributed by atoms with Crippen molar-refractivity contribution in [2.75, 3.05) is 20.6 Å². The van der Waals surface area contributed by atoms with Crippen LogP contribution < -0.4 is 5.32 Å². The van der Waals surface area contributed by atoms with Crippen LogP contribution in [0, 0.1) is 17.3 Å². The zero-order valence-electron chi connectivity index (χ0n) is 11.1. The first-order chi connectivity index (χ1) is 7.86. The average molecular weight is 238 g/mol. The predicted molar refractivity (Wildman–Crippen MR) is 64.7 cm³/mol. The molecule has 4 fully saturated rings. The predicted octanol–water partition coefficient (Wildman–Crippen LogP) is 1.46. The van der Waals surface area contributed by atoms with E-state index in [0.717, 1.165) is 18.9 Å². The second kappa shape index (κ2) is 3.16. The number of nitrogens with one attached hydrogen (secondary N) is 1. The molecule has 0 radical (unpaired) electrons. The van der Waals surface area contributed by atoms with Crippen LogP contribution in [0.4, 0.5) is 4.79 Å². The molecule has 3 aliphatic carbocycles. The van der Waals surface area contributed by atoms with Crippen LogP contribution in [0.5, 0.6) is 0 Å². The Morgan fingerprint density at radius 1 is 1.41 bits per heavy atom. The fraction of sp³-hybridized carbons (Fsp3) is 0.923. The SMILES string of the molecule is CN(C)C[C@]12OC(=O)N[C@H]1C[C@H]1C[C@@H]2C1(C)C. The Bertz CT molecular complexity index is 366. The standard InChI is InChI=1S/C13H22N2O2/c1-12(2)8-5-9(12)13(7-15(3)4)10(6-8)14-11(16)17-13/h8-10H,5-7H2,1-4H3,(H,14,16)/t8-,9-,10+,13-/m1/s1. The van der Waals surface area contributed by atoms with Crippen molar-refractivity contribution < 1.29 is 9.53 Å². The van der Waals surface area contributed by atoms with Gasteiger partial charge in [-0.15, -0.1) is 0 Å². The Labute approximate surface area is 103 Å². The van der Waals surface area contributed by atoms with E-state index in [9.17, 15) is 4.79 Å². The van der Waals surface area contributed by atoms with Crippen molar-refractivity contribution in [1.82, 2.24) is 10.2 Å². The fourth-order valence-corrected chi connectivity index (χ4v) is 4.39. The maximum atomic E-state index is 11.6. The van der Waals surface area contributed by atoms with E-state index < -0.39 is 0 Å². The zero-order chi connectivity index (χ0) is 12.4. The van der Waals surface area contributed by atoms with E-state index in [-0.39, 0.29) is 17.7 Å². The van der Waals surface area contributed by atoms with Gasteiger partial charge in [-0.1, -0.05) is 13.8 Å². The number of rotatable bonds is 2. The summed E-state index contributed by atoms with van der Waals surface area (Å²) in [5, 5.41) is 3.01. The van der Waals surface area contributed by atoms with E-state index in [1.165, 1.54) is 6.42 Å². The van der Waals surface area contributed by atoms with Gasteiger partial charge in [-0.25, -0.2) is 4.79 Å². The molecule has 4 nitrogen and oxygen atoms in total. The summed E-state index contributed by atoms with van der Waals surface area (Å²) >= 11 is 0. The maximum absolute atomic E-state index is 11.6. The molecule has 2 bridgehead atoms. The van der Waals surface area contributed by atoms with Crippen molar-refractivity contribution in [3.8, 4) is 0 Å². The van der Waals surface area contributed by atoms with Crippen molar-refractivity contribution in [1.29, 1.82) is 0 Å². The molecule has 4 atom stereocenters. The summed E-state index contributed by atoms with van der Waals surface area (Å²) in [4.78, 5) is 13.8. The van der Waals surface area contributed by atoms with Gasteiger partial charge in [0.15, 0.2) is 0 Å². The molecule has 1 aliphatic heterocycles. The molecule has 0 aromatic carbocycles. The average Bonchev–Trinajstić information content (AvgIpc) is 2.50. The molecule has 0 spiro atoms. The summed E-state index contributed by atoms with van der Waals surface area (Å²) in [6.45, 7) is 5.48. The van der Waals surface area contributed by atoms with Crippen LogP contribution in [-0.2, 0) is 4.74 Å². The number of nitrogens with zero attached hydrogens (tertiary/aromatic N) is 1. The lowest BCUT2D eigenvalue weighted by Gasteiger charge is -2.64. The maximum Gasteiger partial charge on any atom is 0.408 e. The van der Waals surface area contributed by atoms with Crippen LogP contribution in [0.25, 0.3) is 0 Å². The normalized spacial score (nSPS) is 45.9. The Morgan fingerprint density at radius 2 is 2.12 bits per heavy atom. The van der Waals surface area contributed by atoms with Crippen LogP contribution in [0.15, 0.2) is 0 Å². The summed E-state index contributed by atoms with van der Waals surface area (Å²) in [7, 11) is 4.10. The molecule has 4 aliphatic rings. The van der Waals surface area contributed by atoms with Gasteiger partial charge in [0.1, 0.15) is 5.60 Å². The molecular formula is C13H22N2O2. The Kier molecular flexibility index (Phi) is 2.11. The fourth-order valence-electron chi connectivity index (χ4n) is 4.39. The molecule has 4 rings (SSSR count). The van der Waals surface area contributed by atoms with Gasteiger partial charge in [-0.2, -0.15) is 0 Å². The first-order valence-electron chi connectivity index (χ1n) is 6.50. The van der Waals surface area contributed by atoms with Gasteiger partial charge in [0.25, 0.3) is 0 Å². The lowest BCUT2D eigenvalue weighted by Crippen LogP contribution is -2.70. The number of amides is 1. The second-order valence-electron chi connectivity index (χ2n) is 6.82. The van der Waals surface area contributed by atoms with E-state index in [1.54, 1.807) is 0 Å². The van der Waals surface area contributed by atoms with E-state index in [0.29, 0.717) is 11.3 Å². The van der Waals surface area contributed by atoms with Crippen LogP contribution in [0.1, 0.15) is 26.7 Å². The molecule has 0 unspecified atom stereocenters. The second-order valence-corrected chi connectivity index (χ2v) is 6.82. The number of carbonyl (C=O) groups excluding carboxylic acids is 1. The van der Waals surface area contributed by atoms with Gasteiger partial charge in [0.05, 0.1) is 6.04 Å². The first kappa shape index (κ1) is 11.3. The highest BCUT2D eigenvalue weighted by Crippen LogP contribution is 2.64. The van der Waals surface area contributed by atoms with Crippen LogP contribution in [0.3, 0.4) is 0 Å². The summed E-state index contributed by atoms with van der Waals surface area (Å²) < 4.78 is 5.76. The highest BCUT2D eigenvalue weighted by molar-refractivity contribution is 5.71. The van der Waals surface area contributed by atoms with Gasteiger partial charge in [0.2, 0.25) is 0 Å². The summed E-state index contributed by atoms with van der Waals surface area (Å²) in [6, 6.07) is 0.217. The Morgan fingerprint density at radius 3 is 2.71 bits per heavy atom. The number of hydrogen-bond donors (Lipinski definition) is 1. The monoisotopic (exact) mass is 238 g/mol. The molecule has 96 valence electrons. The molecule has 1 amide bonds. The topological polar surface area (TPSA) is 41.6 Å². The quantitative estimate of drug-likeness (QED) is 0.792. The van der Waals surface area contributed by atoms with E-state index >= 15 is 0 Å². The third kappa shape index (κ3) is 1.30. The molecule has 0 aromatic rings. The van der Waals surface area contributed by atoms with Crippen LogP contribution >= 0.6 is 0 Å². The lowest BCUT2D eigenvalue weighted by atomic mass is 9.43. The van der Waals surface area contributed by atoms with Gasteiger partial charge in [-0.3, -0.25) is 0 Å². The Balaban J connectivity index is 1.96. The van der Waals surface area contributed by atoms with Crippen molar-refractivity contribution in [3.05, 3.63) is 0 Å². The van der Waals surface area contributed by atoms with E-state index in [4.69, 9.17) is 4.74 Å². The summed E-state index contributed by atoms with van der Waals surface area (Å²) in [5.41, 5.74) is 0.0254. The van der Waals surface area contributed by atoms with Crippen molar-refractivity contribution >= 4 is 6.09 Å². The van der Waals surface area contributed by atoms with Crippen molar-refractivity contribution in [2.45, 2.75) is 38.3 Å². The van der Waals surface area contributed by atoms with Gasteiger partial charge >= 0.3 is 6.09 Å². The zero-order valence-corrected chi connectivity index (χ0v) is 11.1. The number of hydrogen-bond acceptors (Lipinski definition) is 3. The minimum atomic E-state index is -0.293. The number of alkyl carbamates (subject to hydrolysis) is 1. The van der Waals surface area contributed by atoms with Crippen LogP contribution in [0.2, 0.25) is 0 Å². The number of likely N-dealkylation sites (N-methyl/N-ethyl adjacent to an activating group) is 1. The van der Waals surface area contributed by atoms with Crippen LogP contribution in [-0.4, -0.2) is 43.3 Å². The van der Waals surface area contributed by atoms with Gasteiger partial charge < -0.3 is 15.0 Å². The molecule has 0 aromatic heterocycles. The molecule has 1 N–H and O–H groups in total. The third-order valence-electron chi connectivity index (χ3n) is 5.31. The largest absolute Gasteiger partial charge is 0.439 e. The number of ether oxygens (including phenoxy) is 1. The van der Waals surface area contributed by atoms with Gasteiger partial charge in [-0.05, 0) is 38.3 Å². The summed E-state index contributed by atoms with van der Waals surface area (Å²) in [6.07, 6.45) is 2.07. The van der Waals surface area contributed by atoms with E-state index in [2.05, 4.69) is 38.2 Å². The highest BCUT2D eigenvalue weighted by atomic mass is 16.6. The number of carbonyl (C=O) groups is 1. The van der Waals surface area contributed by atoms with Crippen molar-refractivity contribution in [2.24, 2.45) is 17.3 Å². The molecule has 17 heavy (non-hydrogen) atoms. The van der Waals surface area contributed by atoms with Crippen molar-refractivity contribution in [3.63, 3.8) is 0 Å². The smallest absolute Gasteiger partial charge is 0.408 e. The minimum Gasteiger partial charge on any atom is -0.439 e. The van der Waals surface area contributed by atoms with Gasteiger partial charge in [0, 0.05) is 12.5 Å². The minimum absolute atomic E-state index is 0.217. The molecule has 1 saturated heterocycles. The molecular weight excluding hydrogens is 216 g/mol. The highest BCUT2D eigenvalue weighted by Gasteiger charge is 2.69. The molecule has 1 heterocycles. The lowest BCUT2D eigenvalue weighted by molar-refractivity contribution is -0.198. The third-order valence-corrected chi connectivity index (χ3v) is 5.31. The molecule has 3 saturated carbocycles. The first-order valence-corrected chi connectivity index (χ1v) is 6.50. The molecule has 4 heteroatoms. The summed E-state index contributed by atoms with van der Waals surface area (Å²) in [5.74, 6) is 1.25. The Hall–Kier alpha value is -0.770. The van der Waals surface area contributed by atoms with E-state index in [1.807, 2.05) is 0 Å².